The van der Waals surface area contributed by atoms with Crippen molar-refractivity contribution in [2.24, 2.45) is 0 Å². The van der Waals surface area contributed by atoms with Gasteiger partial charge in [0.1, 0.15) is 11.4 Å². The molecule has 170 valence electrons. The number of nitro groups is 1. The lowest BCUT2D eigenvalue weighted by atomic mass is 10.1. The van der Waals surface area contributed by atoms with Gasteiger partial charge in [0.25, 0.3) is 5.69 Å². The van der Waals surface area contributed by atoms with Crippen LogP contribution in [-0.2, 0) is 15.7 Å². The molecule has 2 aromatic rings. The van der Waals surface area contributed by atoms with Crippen molar-refractivity contribution in [1.29, 1.82) is 0 Å². The van der Waals surface area contributed by atoms with Crippen LogP contribution in [0.4, 0.5) is 29.3 Å². The number of esters is 1. The Hall–Kier alpha value is -3.28. The number of nitrogens with one attached hydrogen (secondary N) is 1. The molecule has 1 saturated heterocycles. The van der Waals surface area contributed by atoms with Crippen LogP contribution in [0.5, 0.6) is 0 Å². The maximum atomic E-state index is 13.0. The highest BCUT2D eigenvalue weighted by atomic mass is 32.2. The summed E-state index contributed by atoms with van der Waals surface area (Å²) in [6.45, 7) is 1.72. The normalized spacial score (nSPS) is 18.3. The molecule has 12 heteroatoms. The van der Waals surface area contributed by atoms with E-state index in [-0.39, 0.29) is 23.7 Å². The minimum atomic E-state index is -4.50. The van der Waals surface area contributed by atoms with Crippen molar-refractivity contribution < 1.29 is 32.4 Å². The van der Waals surface area contributed by atoms with Gasteiger partial charge in [0.2, 0.25) is 0 Å². The molecule has 1 aliphatic heterocycles. The van der Waals surface area contributed by atoms with Crippen molar-refractivity contribution in [3.8, 4) is 0 Å². The highest BCUT2D eigenvalue weighted by molar-refractivity contribution is 7.99. The lowest BCUT2D eigenvalue weighted by Gasteiger charge is -2.28. The van der Waals surface area contributed by atoms with Crippen LogP contribution < -0.4 is 5.32 Å². The molecule has 2 atom stereocenters. The molecule has 0 aromatic heterocycles. The smallest absolute Gasteiger partial charge is 0.416 e. The predicted molar refractivity (Wildman–Crippen MR) is 111 cm³/mol. The number of alkyl halides is 3. The van der Waals surface area contributed by atoms with E-state index < -0.39 is 40.1 Å². The maximum Gasteiger partial charge on any atom is 0.416 e. The van der Waals surface area contributed by atoms with Gasteiger partial charge >= 0.3 is 18.2 Å². The van der Waals surface area contributed by atoms with Crippen LogP contribution in [-0.4, -0.2) is 40.2 Å². The number of hydrogen-bond acceptors (Lipinski definition) is 6. The van der Waals surface area contributed by atoms with Gasteiger partial charge in [0, 0.05) is 23.6 Å². The number of carbonyl (C=O) groups excluding carboxylic acids is 2. The number of carbonyl (C=O) groups is 2. The number of non-ortho nitro benzene ring substituents is 1. The van der Waals surface area contributed by atoms with E-state index in [1.807, 2.05) is 0 Å². The first kappa shape index (κ1) is 23.4. The minimum Gasteiger partial charge on any atom is -0.464 e. The van der Waals surface area contributed by atoms with Crippen LogP contribution in [0, 0.1) is 10.1 Å². The van der Waals surface area contributed by atoms with Gasteiger partial charge in [-0.2, -0.15) is 13.2 Å². The number of rotatable bonds is 5. The summed E-state index contributed by atoms with van der Waals surface area (Å²) in [6, 6.07) is 7.82. The number of halogens is 3. The molecule has 0 radical (unpaired) electrons. The largest absolute Gasteiger partial charge is 0.464 e. The van der Waals surface area contributed by atoms with E-state index >= 15 is 0 Å². The van der Waals surface area contributed by atoms with Gasteiger partial charge in [0.05, 0.1) is 17.1 Å². The second-order valence-corrected chi connectivity index (χ2v) is 7.83. The number of urea groups is 1. The van der Waals surface area contributed by atoms with Crippen molar-refractivity contribution in [1.82, 2.24) is 4.90 Å². The molecule has 32 heavy (non-hydrogen) atoms. The summed E-state index contributed by atoms with van der Waals surface area (Å²) in [4.78, 5) is 36.9. The summed E-state index contributed by atoms with van der Waals surface area (Å²) in [7, 11) is 0. The Bertz CT molecular complexity index is 999. The molecular weight excluding hydrogens is 451 g/mol. The molecule has 2 unspecified atom stereocenters. The molecule has 3 rings (SSSR count). The van der Waals surface area contributed by atoms with Crippen molar-refractivity contribution in [2.45, 2.75) is 24.5 Å². The zero-order valence-corrected chi connectivity index (χ0v) is 17.5. The Morgan fingerprint density at radius 2 is 1.81 bits per heavy atom. The number of amides is 2. The van der Waals surface area contributed by atoms with E-state index in [0.717, 1.165) is 12.1 Å². The van der Waals surface area contributed by atoms with Gasteiger partial charge in [-0.25, -0.2) is 9.59 Å². The van der Waals surface area contributed by atoms with Crippen LogP contribution in [0.3, 0.4) is 0 Å². The molecular formula is C20H18F3N3O5S. The Morgan fingerprint density at radius 3 is 2.34 bits per heavy atom. The van der Waals surface area contributed by atoms with Crippen molar-refractivity contribution in [2.75, 3.05) is 17.7 Å². The van der Waals surface area contributed by atoms with E-state index in [9.17, 15) is 32.9 Å². The topological polar surface area (TPSA) is 102 Å². The van der Waals surface area contributed by atoms with Crippen molar-refractivity contribution in [3.63, 3.8) is 0 Å². The molecule has 1 N–H and O–H groups in total. The Labute approximate surface area is 184 Å². The highest BCUT2D eigenvalue weighted by Gasteiger charge is 2.43. The third-order valence-electron chi connectivity index (χ3n) is 4.65. The molecule has 0 aliphatic carbocycles. The van der Waals surface area contributed by atoms with E-state index in [1.54, 1.807) is 6.92 Å². The number of anilines is 1. The van der Waals surface area contributed by atoms with Gasteiger partial charge in [-0.15, -0.1) is 11.8 Å². The lowest BCUT2D eigenvalue weighted by Crippen LogP contribution is -2.45. The van der Waals surface area contributed by atoms with E-state index in [0.29, 0.717) is 5.56 Å². The fourth-order valence-corrected chi connectivity index (χ4v) is 4.54. The molecule has 0 saturated carbocycles. The van der Waals surface area contributed by atoms with Crippen LogP contribution >= 0.6 is 11.8 Å². The predicted octanol–water partition coefficient (Wildman–Crippen LogP) is 4.82. The number of ether oxygens (including phenoxy) is 1. The summed E-state index contributed by atoms with van der Waals surface area (Å²) >= 11 is 1.22. The molecule has 2 amide bonds. The number of benzene rings is 2. The fraction of sp³-hybridized carbons (Fsp3) is 0.300. The zero-order chi connectivity index (χ0) is 23.5. The Kier molecular flexibility index (Phi) is 6.92. The Morgan fingerprint density at radius 1 is 1.19 bits per heavy atom. The summed E-state index contributed by atoms with van der Waals surface area (Å²) in [5.74, 6) is -0.439. The van der Waals surface area contributed by atoms with E-state index in [2.05, 4.69) is 5.32 Å². The molecule has 8 nitrogen and oxygen atoms in total. The first-order valence-electron chi connectivity index (χ1n) is 9.41. The zero-order valence-electron chi connectivity index (χ0n) is 16.7. The fourth-order valence-electron chi connectivity index (χ4n) is 3.12. The monoisotopic (exact) mass is 469 g/mol. The van der Waals surface area contributed by atoms with Gasteiger partial charge in [-0.1, -0.05) is 12.1 Å². The molecule has 1 fully saturated rings. The molecule has 2 aromatic carbocycles. The van der Waals surface area contributed by atoms with Crippen LogP contribution in [0.25, 0.3) is 0 Å². The van der Waals surface area contributed by atoms with Crippen molar-refractivity contribution >= 4 is 35.1 Å². The second-order valence-electron chi connectivity index (χ2n) is 6.71. The highest BCUT2D eigenvalue weighted by Crippen LogP contribution is 2.43. The van der Waals surface area contributed by atoms with Gasteiger partial charge < -0.3 is 10.1 Å². The lowest BCUT2D eigenvalue weighted by molar-refractivity contribution is -0.384. The molecule has 0 bridgehead atoms. The standard InChI is InChI=1S/C20H18F3N3O5S/c1-2-31-18(27)16-11-32-17(12-3-5-13(6-4-12)20(21,22)23)25(16)19(28)24-14-7-9-15(10-8-14)26(29)30/h3-10,16-17H,2,11H2,1H3,(H,24,28). The van der Waals surface area contributed by atoms with Crippen LogP contribution in [0.15, 0.2) is 48.5 Å². The number of hydrogen-bond donors (Lipinski definition) is 1. The second kappa shape index (κ2) is 9.47. The quantitative estimate of drug-likeness (QED) is 0.383. The molecule has 0 spiro atoms. The number of thioether (sulfide) groups is 1. The third kappa shape index (κ3) is 5.13. The third-order valence-corrected chi connectivity index (χ3v) is 5.97. The molecule has 1 heterocycles. The summed E-state index contributed by atoms with van der Waals surface area (Å²) in [5.41, 5.74) is -0.320. The maximum absolute atomic E-state index is 13.0. The van der Waals surface area contributed by atoms with E-state index in [1.165, 1.54) is 53.1 Å². The SMILES string of the molecule is CCOC(=O)C1CSC(c2ccc(C(F)(F)F)cc2)N1C(=O)Nc1ccc([N+](=O)[O-])cc1. The summed E-state index contributed by atoms with van der Waals surface area (Å²) in [6.07, 6.45) is -4.50. The number of nitrogens with zero attached hydrogens (tertiary/aromatic N) is 2. The average molecular weight is 469 g/mol. The average Bonchev–Trinajstić information content (AvgIpc) is 3.19. The molecule has 1 aliphatic rings. The van der Waals surface area contributed by atoms with Gasteiger partial charge in [-0.3, -0.25) is 15.0 Å². The number of nitro benzene ring substituents is 1. The van der Waals surface area contributed by atoms with Crippen LogP contribution in [0.2, 0.25) is 0 Å². The minimum absolute atomic E-state index is 0.1000. The summed E-state index contributed by atoms with van der Waals surface area (Å²) < 4.78 is 43.7. The first-order chi connectivity index (χ1) is 15.1. The van der Waals surface area contributed by atoms with Crippen LogP contribution in [0.1, 0.15) is 23.4 Å². The van der Waals surface area contributed by atoms with Gasteiger partial charge in [0.15, 0.2) is 0 Å². The van der Waals surface area contributed by atoms with Gasteiger partial charge in [-0.05, 0) is 36.8 Å². The first-order valence-corrected chi connectivity index (χ1v) is 10.5. The van der Waals surface area contributed by atoms with E-state index in [4.69, 9.17) is 4.74 Å². The summed E-state index contributed by atoms with van der Waals surface area (Å²) in [5, 5.41) is 12.6. The Balaban J connectivity index is 1.87. The van der Waals surface area contributed by atoms with Crippen molar-refractivity contribution in [3.05, 3.63) is 69.8 Å².